The van der Waals surface area contributed by atoms with Crippen molar-refractivity contribution >= 4 is 29.1 Å². The van der Waals surface area contributed by atoms with E-state index in [4.69, 9.17) is 23.2 Å². The Morgan fingerprint density at radius 2 is 2.06 bits per heavy atom. The van der Waals surface area contributed by atoms with Gasteiger partial charge in [-0.25, -0.2) is 4.68 Å². The first-order valence-electron chi connectivity index (χ1n) is 5.85. The first kappa shape index (κ1) is 13.6. The second-order valence-corrected chi connectivity index (χ2v) is 6.47. The monoisotopic (exact) mass is 286 g/mol. The van der Waals surface area contributed by atoms with Crippen LogP contribution in [0.1, 0.15) is 30.0 Å². The summed E-state index contributed by atoms with van der Waals surface area (Å²) in [6, 6.07) is 1.90. The number of aryl methyl sites for hydroxylation is 2. The van der Waals surface area contributed by atoms with Gasteiger partial charge in [-0.1, -0.05) is 37.0 Å². The zero-order chi connectivity index (χ0) is 13.7. The standard InChI is InChI=1S/C13H16Cl2N2O/c1-7-5-8(2)17(16-7)12(18)11-9(6-10(14)15)13(11,3)4/h5-6,9,11H,1-4H3/t9-,11+/m1/s1. The number of carbonyl (C=O) groups excluding carboxylic acids is 1. The van der Waals surface area contributed by atoms with Gasteiger partial charge in [-0.2, -0.15) is 5.10 Å². The molecular formula is C13H16Cl2N2O. The molecule has 1 fully saturated rings. The van der Waals surface area contributed by atoms with Gasteiger partial charge >= 0.3 is 0 Å². The summed E-state index contributed by atoms with van der Waals surface area (Å²) in [5.41, 5.74) is 1.60. The Hall–Kier alpha value is -0.800. The Morgan fingerprint density at radius 3 is 2.50 bits per heavy atom. The van der Waals surface area contributed by atoms with E-state index in [2.05, 4.69) is 5.10 Å². The average molecular weight is 287 g/mol. The Morgan fingerprint density at radius 1 is 1.44 bits per heavy atom. The molecular weight excluding hydrogens is 271 g/mol. The van der Waals surface area contributed by atoms with Crippen molar-refractivity contribution in [1.29, 1.82) is 0 Å². The van der Waals surface area contributed by atoms with Gasteiger partial charge in [0.2, 0.25) is 0 Å². The van der Waals surface area contributed by atoms with Gasteiger partial charge in [0, 0.05) is 5.69 Å². The molecule has 0 radical (unpaired) electrons. The zero-order valence-corrected chi connectivity index (χ0v) is 12.4. The Labute approximate surface area is 117 Å². The van der Waals surface area contributed by atoms with Gasteiger partial charge in [0.25, 0.3) is 5.91 Å². The predicted octanol–water partition coefficient (Wildman–Crippen LogP) is 3.73. The van der Waals surface area contributed by atoms with Crippen LogP contribution in [0.3, 0.4) is 0 Å². The van der Waals surface area contributed by atoms with Gasteiger partial charge in [-0.15, -0.1) is 0 Å². The highest BCUT2D eigenvalue weighted by molar-refractivity contribution is 6.55. The van der Waals surface area contributed by atoms with Gasteiger partial charge in [-0.3, -0.25) is 4.79 Å². The summed E-state index contributed by atoms with van der Waals surface area (Å²) in [5, 5.41) is 4.23. The van der Waals surface area contributed by atoms with Crippen molar-refractivity contribution in [3.05, 3.63) is 28.0 Å². The highest BCUT2D eigenvalue weighted by atomic mass is 35.5. The molecule has 1 heterocycles. The molecule has 1 saturated carbocycles. The fourth-order valence-electron chi connectivity index (χ4n) is 2.58. The number of hydrogen-bond acceptors (Lipinski definition) is 2. The van der Waals surface area contributed by atoms with E-state index in [1.54, 1.807) is 6.08 Å². The van der Waals surface area contributed by atoms with Crippen LogP contribution in [0, 0.1) is 31.1 Å². The third-order valence-electron chi connectivity index (χ3n) is 3.70. The average Bonchev–Trinajstić information content (AvgIpc) is 2.58. The van der Waals surface area contributed by atoms with Gasteiger partial charge in [0.05, 0.1) is 11.6 Å². The van der Waals surface area contributed by atoms with Crippen molar-refractivity contribution < 1.29 is 4.79 Å². The maximum Gasteiger partial charge on any atom is 0.251 e. The van der Waals surface area contributed by atoms with Crippen molar-refractivity contribution in [1.82, 2.24) is 9.78 Å². The molecule has 0 aromatic carbocycles. The lowest BCUT2D eigenvalue weighted by atomic mass is 10.1. The van der Waals surface area contributed by atoms with E-state index in [1.165, 1.54) is 4.68 Å². The molecule has 0 N–H and O–H groups in total. The summed E-state index contributed by atoms with van der Waals surface area (Å²) >= 11 is 11.4. The summed E-state index contributed by atoms with van der Waals surface area (Å²) < 4.78 is 1.70. The van der Waals surface area contributed by atoms with Gasteiger partial charge in [-0.05, 0) is 37.3 Å². The van der Waals surface area contributed by atoms with Gasteiger partial charge in [0.15, 0.2) is 0 Å². The predicted molar refractivity (Wildman–Crippen MR) is 72.9 cm³/mol. The molecule has 2 rings (SSSR count). The first-order chi connectivity index (χ1) is 8.25. The summed E-state index contributed by atoms with van der Waals surface area (Å²) in [6.07, 6.45) is 1.75. The molecule has 0 unspecified atom stereocenters. The molecule has 0 aliphatic heterocycles. The topological polar surface area (TPSA) is 34.9 Å². The number of hydrogen-bond donors (Lipinski definition) is 0. The Bertz CT molecular complexity index is 527. The highest BCUT2D eigenvalue weighted by Gasteiger charge is 2.61. The van der Waals surface area contributed by atoms with Crippen LogP contribution < -0.4 is 0 Å². The smallest absolute Gasteiger partial charge is 0.251 e. The molecule has 1 aromatic heterocycles. The second-order valence-electron chi connectivity index (χ2n) is 5.46. The number of rotatable bonds is 2. The minimum Gasteiger partial charge on any atom is -0.272 e. The molecule has 98 valence electrons. The Kier molecular flexibility index (Phi) is 3.32. The molecule has 0 spiro atoms. The van der Waals surface area contributed by atoms with E-state index >= 15 is 0 Å². The Balaban J connectivity index is 2.27. The van der Waals surface area contributed by atoms with Crippen molar-refractivity contribution in [2.24, 2.45) is 17.3 Å². The fourth-order valence-corrected chi connectivity index (χ4v) is 2.85. The summed E-state index contributed by atoms with van der Waals surface area (Å²) in [7, 11) is 0. The molecule has 1 aliphatic carbocycles. The van der Waals surface area contributed by atoms with E-state index in [0.29, 0.717) is 0 Å². The van der Waals surface area contributed by atoms with E-state index in [1.807, 2.05) is 33.8 Å². The molecule has 0 amide bonds. The molecule has 0 bridgehead atoms. The lowest BCUT2D eigenvalue weighted by molar-refractivity contribution is 0.0849. The van der Waals surface area contributed by atoms with Crippen LogP contribution in [0.5, 0.6) is 0 Å². The molecule has 2 atom stereocenters. The van der Waals surface area contributed by atoms with Crippen LogP contribution in [-0.2, 0) is 0 Å². The van der Waals surface area contributed by atoms with Crippen LogP contribution in [-0.4, -0.2) is 15.7 Å². The van der Waals surface area contributed by atoms with Crippen molar-refractivity contribution in [2.75, 3.05) is 0 Å². The number of nitrogens with zero attached hydrogens (tertiary/aromatic N) is 2. The molecule has 5 heteroatoms. The second kappa shape index (κ2) is 4.39. The van der Waals surface area contributed by atoms with Crippen LogP contribution in [0.25, 0.3) is 0 Å². The maximum absolute atomic E-state index is 12.4. The fraction of sp³-hybridized carbons (Fsp3) is 0.538. The first-order valence-corrected chi connectivity index (χ1v) is 6.61. The third kappa shape index (κ3) is 2.21. The summed E-state index contributed by atoms with van der Waals surface area (Å²) in [4.78, 5) is 12.4. The number of allylic oxidation sites excluding steroid dienone is 1. The quantitative estimate of drug-likeness (QED) is 0.830. The normalized spacial score (nSPS) is 24.8. The third-order valence-corrected chi connectivity index (χ3v) is 3.95. The SMILES string of the molecule is Cc1cc(C)n(C(=O)[C@@H]2[C@@H](C=C(Cl)Cl)C2(C)C)n1. The minimum atomic E-state index is -0.113. The van der Waals surface area contributed by atoms with Crippen molar-refractivity contribution in [3.63, 3.8) is 0 Å². The van der Waals surface area contributed by atoms with E-state index in [0.717, 1.165) is 11.4 Å². The molecule has 0 saturated heterocycles. The van der Waals surface area contributed by atoms with E-state index in [9.17, 15) is 4.79 Å². The van der Waals surface area contributed by atoms with E-state index < -0.39 is 0 Å². The van der Waals surface area contributed by atoms with Crippen LogP contribution in [0.2, 0.25) is 0 Å². The van der Waals surface area contributed by atoms with Crippen LogP contribution >= 0.6 is 23.2 Å². The largest absolute Gasteiger partial charge is 0.272 e. The van der Waals surface area contributed by atoms with Crippen LogP contribution in [0.4, 0.5) is 0 Å². The number of carbonyl (C=O) groups is 1. The molecule has 1 aliphatic rings. The number of aromatic nitrogens is 2. The lowest BCUT2D eigenvalue weighted by Crippen LogP contribution is -2.18. The lowest BCUT2D eigenvalue weighted by Gasteiger charge is -2.03. The summed E-state index contributed by atoms with van der Waals surface area (Å²) in [5.74, 6) is -0.0108. The maximum atomic E-state index is 12.4. The molecule has 3 nitrogen and oxygen atoms in total. The molecule has 1 aromatic rings. The van der Waals surface area contributed by atoms with E-state index in [-0.39, 0.29) is 27.6 Å². The molecule has 18 heavy (non-hydrogen) atoms. The summed E-state index contributed by atoms with van der Waals surface area (Å²) in [6.45, 7) is 7.84. The minimum absolute atomic E-state index is 0.0152. The van der Waals surface area contributed by atoms with Crippen molar-refractivity contribution in [2.45, 2.75) is 27.7 Å². The highest BCUT2D eigenvalue weighted by Crippen LogP contribution is 2.60. The van der Waals surface area contributed by atoms with Gasteiger partial charge < -0.3 is 0 Å². The van der Waals surface area contributed by atoms with Crippen LogP contribution in [0.15, 0.2) is 16.6 Å². The zero-order valence-electron chi connectivity index (χ0n) is 10.9. The van der Waals surface area contributed by atoms with Crippen molar-refractivity contribution in [3.8, 4) is 0 Å². The van der Waals surface area contributed by atoms with Gasteiger partial charge in [0.1, 0.15) is 4.49 Å². The number of halogens is 2.